The highest BCUT2D eigenvalue weighted by atomic mass is 35.5. The number of halogens is 1. The Labute approximate surface area is 153 Å². The van der Waals surface area contributed by atoms with E-state index in [-0.39, 0.29) is 12.1 Å². The molecule has 4 heteroatoms. The summed E-state index contributed by atoms with van der Waals surface area (Å²) in [4.78, 5) is 12.6. The molecular formula is C21H23ClO3. The SMILES string of the molecule is C[C@H](O)[C@]1(c2ccccc2)CCCC[C@@H]1OC(=O)c1ccc(Cl)cc1. The molecule has 0 aliphatic heterocycles. The maximum absolute atomic E-state index is 12.6. The molecule has 0 unspecified atom stereocenters. The predicted molar refractivity (Wildman–Crippen MR) is 98.9 cm³/mol. The van der Waals surface area contributed by atoms with Crippen molar-refractivity contribution < 1.29 is 14.6 Å². The molecule has 2 aromatic carbocycles. The van der Waals surface area contributed by atoms with Crippen LogP contribution in [0.3, 0.4) is 0 Å². The number of esters is 1. The highest BCUT2D eigenvalue weighted by molar-refractivity contribution is 6.30. The average molecular weight is 359 g/mol. The molecule has 1 aliphatic rings. The van der Waals surface area contributed by atoms with Gasteiger partial charge in [-0.05, 0) is 56.0 Å². The van der Waals surface area contributed by atoms with Crippen molar-refractivity contribution in [3.63, 3.8) is 0 Å². The van der Waals surface area contributed by atoms with Gasteiger partial charge in [-0.25, -0.2) is 4.79 Å². The van der Waals surface area contributed by atoms with Crippen LogP contribution in [-0.4, -0.2) is 23.3 Å². The van der Waals surface area contributed by atoms with Gasteiger partial charge in [-0.3, -0.25) is 0 Å². The van der Waals surface area contributed by atoms with Crippen molar-refractivity contribution in [2.45, 2.75) is 50.2 Å². The van der Waals surface area contributed by atoms with Gasteiger partial charge < -0.3 is 9.84 Å². The summed E-state index contributed by atoms with van der Waals surface area (Å²) in [7, 11) is 0. The van der Waals surface area contributed by atoms with Crippen molar-refractivity contribution in [1.82, 2.24) is 0 Å². The molecule has 2 aromatic rings. The lowest BCUT2D eigenvalue weighted by atomic mass is 9.64. The number of rotatable bonds is 4. The van der Waals surface area contributed by atoms with Crippen molar-refractivity contribution in [2.75, 3.05) is 0 Å². The van der Waals surface area contributed by atoms with E-state index in [1.165, 1.54) is 0 Å². The Morgan fingerprint density at radius 2 is 1.84 bits per heavy atom. The zero-order chi connectivity index (χ0) is 17.9. The standard InChI is InChI=1S/C21H23ClO3/c1-15(23)21(17-7-3-2-4-8-17)14-6-5-9-19(21)25-20(24)16-10-12-18(22)13-11-16/h2-4,7-8,10-13,15,19,23H,5-6,9,14H2,1H3/t15-,19-,21-/m0/s1. The van der Waals surface area contributed by atoms with Gasteiger partial charge in [0.15, 0.2) is 0 Å². The molecular weight excluding hydrogens is 336 g/mol. The molecule has 3 nitrogen and oxygen atoms in total. The van der Waals surface area contributed by atoms with E-state index in [2.05, 4.69) is 0 Å². The predicted octanol–water partition coefficient (Wildman–Crippen LogP) is 4.76. The van der Waals surface area contributed by atoms with Gasteiger partial charge in [0.1, 0.15) is 6.10 Å². The maximum Gasteiger partial charge on any atom is 0.338 e. The molecule has 1 aliphatic carbocycles. The summed E-state index contributed by atoms with van der Waals surface area (Å²) >= 11 is 5.89. The van der Waals surface area contributed by atoms with Gasteiger partial charge in [0.05, 0.1) is 17.1 Å². The fourth-order valence-corrected chi connectivity index (χ4v) is 4.04. The second kappa shape index (κ2) is 7.59. The average Bonchev–Trinajstić information content (AvgIpc) is 2.63. The van der Waals surface area contributed by atoms with E-state index >= 15 is 0 Å². The van der Waals surface area contributed by atoms with E-state index in [1.807, 2.05) is 30.3 Å². The second-order valence-corrected chi connectivity index (χ2v) is 7.17. The van der Waals surface area contributed by atoms with Crippen LogP contribution in [0.4, 0.5) is 0 Å². The Balaban J connectivity index is 1.91. The summed E-state index contributed by atoms with van der Waals surface area (Å²) in [6, 6.07) is 16.6. The molecule has 1 saturated carbocycles. The lowest BCUT2D eigenvalue weighted by Gasteiger charge is -2.46. The van der Waals surface area contributed by atoms with Crippen LogP contribution in [0.2, 0.25) is 5.02 Å². The summed E-state index contributed by atoms with van der Waals surface area (Å²) in [5, 5.41) is 11.2. The lowest BCUT2D eigenvalue weighted by molar-refractivity contribution is -0.0523. The largest absolute Gasteiger partial charge is 0.458 e. The molecule has 3 atom stereocenters. The Bertz CT molecular complexity index is 712. The van der Waals surface area contributed by atoms with Crippen LogP contribution < -0.4 is 0 Å². The van der Waals surface area contributed by atoms with Crippen LogP contribution in [0.5, 0.6) is 0 Å². The Morgan fingerprint density at radius 1 is 1.16 bits per heavy atom. The number of hydrogen-bond donors (Lipinski definition) is 1. The molecule has 1 fully saturated rings. The quantitative estimate of drug-likeness (QED) is 0.801. The van der Waals surface area contributed by atoms with E-state index < -0.39 is 11.5 Å². The number of carbonyl (C=O) groups excluding carboxylic acids is 1. The molecule has 0 saturated heterocycles. The number of aliphatic hydroxyl groups is 1. The highest BCUT2D eigenvalue weighted by Crippen LogP contribution is 2.44. The molecule has 0 spiro atoms. The fourth-order valence-electron chi connectivity index (χ4n) is 3.91. The van der Waals surface area contributed by atoms with Crippen molar-refractivity contribution in [3.8, 4) is 0 Å². The van der Waals surface area contributed by atoms with Gasteiger partial charge in [-0.15, -0.1) is 0 Å². The minimum atomic E-state index is -0.613. The molecule has 0 bridgehead atoms. The number of hydrogen-bond acceptors (Lipinski definition) is 3. The summed E-state index contributed by atoms with van der Waals surface area (Å²) < 4.78 is 5.91. The molecule has 0 amide bonds. The van der Waals surface area contributed by atoms with E-state index in [0.717, 1.165) is 31.2 Å². The number of aliphatic hydroxyl groups excluding tert-OH is 1. The molecule has 0 heterocycles. The van der Waals surface area contributed by atoms with Gasteiger partial charge in [-0.1, -0.05) is 48.4 Å². The van der Waals surface area contributed by atoms with Crippen molar-refractivity contribution in [2.24, 2.45) is 0 Å². The normalized spacial score (nSPS) is 24.5. The third-order valence-corrected chi connectivity index (χ3v) is 5.52. The molecule has 3 rings (SSSR count). The first-order valence-corrected chi connectivity index (χ1v) is 9.12. The first-order chi connectivity index (χ1) is 12.0. The summed E-state index contributed by atoms with van der Waals surface area (Å²) in [5.74, 6) is -0.371. The van der Waals surface area contributed by atoms with Crippen LogP contribution in [0, 0.1) is 0 Å². The van der Waals surface area contributed by atoms with Crippen molar-refractivity contribution in [3.05, 3.63) is 70.7 Å². The molecule has 1 N–H and O–H groups in total. The number of carbonyl (C=O) groups is 1. The fraction of sp³-hybridized carbons (Fsp3) is 0.381. The molecule has 0 aromatic heterocycles. The number of benzene rings is 2. The van der Waals surface area contributed by atoms with Crippen molar-refractivity contribution >= 4 is 17.6 Å². The highest BCUT2D eigenvalue weighted by Gasteiger charge is 2.48. The van der Waals surface area contributed by atoms with Gasteiger partial charge in [0, 0.05) is 5.02 Å². The first-order valence-electron chi connectivity index (χ1n) is 8.74. The topological polar surface area (TPSA) is 46.5 Å². The van der Waals surface area contributed by atoms with Crippen LogP contribution in [0.15, 0.2) is 54.6 Å². The lowest BCUT2D eigenvalue weighted by Crippen LogP contribution is -2.52. The van der Waals surface area contributed by atoms with E-state index in [9.17, 15) is 9.90 Å². The third-order valence-electron chi connectivity index (χ3n) is 5.27. The van der Waals surface area contributed by atoms with E-state index in [0.29, 0.717) is 10.6 Å². The zero-order valence-electron chi connectivity index (χ0n) is 14.3. The van der Waals surface area contributed by atoms with Gasteiger partial charge in [0.2, 0.25) is 0 Å². The smallest absolute Gasteiger partial charge is 0.338 e. The summed E-state index contributed by atoms with van der Waals surface area (Å²) in [6.07, 6.45) is 2.58. The molecule has 0 radical (unpaired) electrons. The molecule has 132 valence electrons. The van der Waals surface area contributed by atoms with Crippen LogP contribution >= 0.6 is 11.6 Å². The molecule has 25 heavy (non-hydrogen) atoms. The number of ether oxygens (including phenoxy) is 1. The Hall–Kier alpha value is -1.84. The maximum atomic E-state index is 12.6. The van der Waals surface area contributed by atoms with Gasteiger partial charge in [-0.2, -0.15) is 0 Å². The van der Waals surface area contributed by atoms with Crippen LogP contribution in [-0.2, 0) is 10.2 Å². The zero-order valence-corrected chi connectivity index (χ0v) is 15.1. The first kappa shape index (κ1) is 18.0. The Kier molecular flexibility index (Phi) is 5.45. The minimum Gasteiger partial charge on any atom is -0.458 e. The van der Waals surface area contributed by atoms with Crippen LogP contribution in [0.25, 0.3) is 0 Å². The summed E-state index contributed by atoms with van der Waals surface area (Å²) in [5.41, 5.74) is 0.933. The minimum absolute atomic E-state index is 0.355. The monoisotopic (exact) mass is 358 g/mol. The van der Waals surface area contributed by atoms with Gasteiger partial charge >= 0.3 is 5.97 Å². The van der Waals surface area contributed by atoms with E-state index in [4.69, 9.17) is 16.3 Å². The van der Waals surface area contributed by atoms with Crippen LogP contribution in [0.1, 0.15) is 48.5 Å². The third kappa shape index (κ3) is 3.58. The summed E-state index contributed by atoms with van der Waals surface area (Å²) in [6.45, 7) is 1.79. The Morgan fingerprint density at radius 3 is 2.48 bits per heavy atom. The van der Waals surface area contributed by atoms with E-state index in [1.54, 1.807) is 31.2 Å². The second-order valence-electron chi connectivity index (χ2n) is 6.73. The van der Waals surface area contributed by atoms with Crippen molar-refractivity contribution in [1.29, 1.82) is 0 Å². The van der Waals surface area contributed by atoms with Gasteiger partial charge in [0.25, 0.3) is 0 Å².